The van der Waals surface area contributed by atoms with E-state index in [1.54, 1.807) is 16.4 Å². The van der Waals surface area contributed by atoms with E-state index in [2.05, 4.69) is 11.1 Å². The minimum absolute atomic E-state index is 0.155. The molecule has 0 N–H and O–H groups in total. The average molecular weight is 374 g/mol. The number of aromatic nitrogens is 1. The Hall–Kier alpha value is -1.92. The van der Waals surface area contributed by atoms with E-state index in [9.17, 15) is 8.42 Å². The summed E-state index contributed by atoms with van der Waals surface area (Å²) in [4.78, 5) is 6.90. The van der Waals surface area contributed by atoms with E-state index in [0.29, 0.717) is 11.4 Å². The van der Waals surface area contributed by atoms with Gasteiger partial charge in [-0.05, 0) is 56.0 Å². The number of benzene rings is 1. The van der Waals surface area contributed by atoms with Crippen LogP contribution in [0.15, 0.2) is 41.4 Å². The molecule has 1 saturated heterocycles. The van der Waals surface area contributed by atoms with Crippen LogP contribution in [0.5, 0.6) is 0 Å². The lowest BCUT2D eigenvalue weighted by atomic mass is 9.98. The number of hydrogen-bond acceptors (Lipinski definition) is 4. The van der Waals surface area contributed by atoms with Crippen molar-refractivity contribution in [2.45, 2.75) is 44.0 Å². The van der Waals surface area contributed by atoms with E-state index >= 15 is 0 Å². The Morgan fingerprint density at radius 1 is 1.12 bits per heavy atom. The van der Waals surface area contributed by atoms with Gasteiger partial charge in [0, 0.05) is 26.8 Å². The second kappa shape index (κ2) is 7.37. The molecule has 140 valence electrons. The van der Waals surface area contributed by atoms with Crippen LogP contribution in [0.2, 0.25) is 0 Å². The van der Waals surface area contributed by atoms with Crippen LogP contribution in [-0.2, 0) is 10.0 Å². The van der Waals surface area contributed by atoms with Gasteiger partial charge in [0.1, 0.15) is 5.82 Å². The fourth-order valence-corrected chi connectivity index (χ4v) is 5.29. The zero-order valence-electron chi connectivity index (χ0n) is 15.9. The smallest absolute Gasteiger partial charge is 0.243 e. The molecule has 0 aliphatic carbocycles. The molecule has 26 heavy (non-hydrogen) atoms. The summed E-state index contributed by atoms with van der Waals surface area (Å²) in [6, 6.07) is 9.03. The molecule has 0 bridgehead atoms. The van der Waals surface area contributed by atoms with Crippen LogP contribution in [0, 0.1) is 13.8 Å². The molecule has 0 amide bonds. The number of rotatable bonds is 4. The molecule has 0 unspecified atom stereocenters. The average Bonchev–Trinajstić information content (AvgIpc) is 2.61. The molecule has 5 nitrogen and oxygen atoms in total. The van der Waals surface area contributed by atoms with Crippen molar-refractivity contribution >= 4 is 15.8 Å². The number of anilines is 1. The third-order valence-electron chi connectivity index (χ3n) is 4.96. The summed E-state index contributed by atoms with van der Waals surface area (Å²) in [5, 5.41) is 0. The first-order chi connectivity index (χ1) is 12.3. The van der Waals surface area contributed by atoms with E-state index in [-0.39, 0.29) is 6.04 Å². The van der Waals surface area contributed by atoms with Gasteiger partial charge in [-0.2, -0.15) is 4.31 Å². The van der Waals surface area contributed by atoms with E-state index in [1.807, 2.05) is 51.2 Å². The number of aryl methyl sites for hydroxylation is 2. The van der Waals surface area contributed by atoms with Crippen molar-refractivity contribution in [1.29, 1.82) is 0 Å². The van der Waals surface area contributed by atoms with Gasteiger partial charge < -0.3 is 4.90 Å². The molecule has 2 heterocycles. The van der Waals surface area contributed by atoms with Crippen molar-refractivity contribution < 1.29 is 8.42 Å². The van der Waals surface area contributed by atoms with Crippen LogP contribution < -0.4 is 4.90 Å². The predicted molar refractivity (Wildman–Crippen MR) is 105 cm³/mol. The summed E-state index contributed by atoms with van der Waals surface area (Å²) in [6.45, 7) is 4.53. The highest BCUT2D eigenvalue weighted by atomic mass is 32.2. The molecule has 6 heteroatoms. The Kier molecular flexibility index (Phi) is 5.34. The lowest BCUT2D eigenvalue weighted by Crippen LogP contribution is -2.38. The second-order valence-electron chi connectivity index (χ2n) is 7.24. The van der Waals surface area contributed by atoms with E-state index in [4.69, 9.17) is 0 Å². The molecule has 1 aromatic heterocycles. The molecule has 0 spiro atoms. The maximum atomic E-state index is 13.2. The molecular weight excluding hydrogens is 346 g/mol. The SMILES string of the molecule is Cc1ccc(S(=O)(=O)N2CCCC[C@H]2c2cnc(N(C)C)c(C)c2)cc1. The normalized spacial score (nSPS) is 18.7. The van der Waals surface area contributed by atoms with Crippen LogP contribution in [0.1, 0.15) is 42.0 Å². The highest BCUT2D eigenvalue weighted by molar-refractivity contribution is 7.89. The number of nitrogens with zero attached hydrogens (tertiary/aromatic N) is 3. The van der Waals surface area contributed by atoms with Crippen molar-refractivity contribution in [1.82, 2.24) is 9.29 Å². The zero-order chi connectivity index (χ0) is 18.9. The highest BCUT2D eigenvalue weighted by Gasteiger charge is 2.34. The molecule has 0 saturated carbocycles. The zero-order valence-corrected chi connectivity index (χ0v) is 16.8. The highest BCUT2D eigenvalue weighted by Crippen LogP contribution is 2.36. The molecule has 1 atom stereocenters. The van der Waals surface area contributed by atoms with Crippen molar-refractivity contribution in [3.8, 4) is 0 Å². The van der Waals surface area contributed by atoms with Gasteiger partial charge in [-0.3, -0.25) is 0 Å². The van der Waals surface area contributed by atoms with Crippen LogP contribution >= 0.6 is 0 Å². The van der Waals surface area contributed by atoms with E-state index in [1.165, 1.54) is 0 Å². The van der Waals surface area contributed by atoms with Crippen LogP contribution in [-0.4, -0.2) is 38.3 Å². The Morgan fingerprint density at radius 2 is 1.81 bits per heavy atom. The molecule has 0 radical (unpaired) electrons. The maximum Gasteiger partial charge on any atom is 0.243 e. The summed E-state index contributed by atoms with van der Waals surface area (Å²) in [7, 11) is 0.404. The van der Waals surface area contributed by atoms with Crippen molar-refractivity contribution in [2.24, 2.45) is 0 Å². The van der Waals surface area contributed by atoms with E-state index in [0.717, 1.165) is 41.8 Å². The topological polar surface area (TPSA) is 53.5 Å². The van der Waals surface area contributed by atoms with E-state index < -0.39 is 10.0 Å². The fourth-order valence-electron chi connectivity index (χ4n) is 3.61. The molecule has 1 aliphatic heterocycles. The van der Waals surface area contributed by atoms with Gasteiger partial charge in [-0.1, -0.05) is 24.1 Å². The van der Waals surface area contributed by atoms with Crippen LogP contribution in [0.4, 0.5) is 5.82 Å². The standard InChI is InChI=1S/C20H27N3O2S/c1-15-8-10-18(11-9-15)26(24,25)23-12-6-5-7-19(23)17-13-16(2)20(21-14-17)22(3)4/h8-11,13-14,19H,5-7,12H2,1-4H3/t19-/m0/s1. The minimum atomic E-state index is -3.52. The van der Waals surface area contributed by atoms with Gasteiger partial charge >= 0.3 is 0 Å². The monoisotopic (exact) mass is 373 g/mol. The first kappa shape index (κ1) is 18.9. The first-order valence-corrected chi connectivity index (χ1v) is 10.5. The van der Waals surface area contributed by atoms with Gasteiger partial charge in [-0.15, -0.1) is 0 Å². The molecule has 2 aromatic rings. The summed E-state index contributed by atoms with van der Waals surface area (Å²) in [5.74, 6) is 0.914. The Bertz CT molecular complexity index is 876. The maximum absolute atomic E-state index is 13.2. The van der Waals surface area contributed by atoms with Gasteiger partial charge in [0.05, 0.1) is 10.9 Å². The van der Waals surface area contributed by atoms with Gasteiger partial charge in [0.15, 0.2) is 0 Å². The van der Waals surface area contributed by atoms with Gasteiger partial charge in [0.25, 0.3) is 0 Å². The molecule has 3 rings (SSSR count). The molecule has 1 aliphatic rings. The van der Waals surface area contributed by atoms with Crippen molar-refractivity contribution in [2.75, 3.05) is 25.5 Å². The molecule has 1 aromatic carbocycles. The lowest BCUT2D eigenvalue weighted by Gasteiger charge is -2.35. The third kappa shape index (κ3) is 3.62. The summed E-state index contributed by atoms with van der Waals surface area (Å²) < 4.78 is 28.1. The lowest BCUT2D eigenvalue weighted by molar-refractivity contribution is 0.255. The number of sulfonamides is 1. The third-order valence-corrected chi connectivity index (χ3v) is 6.88. The Balaban J connectivity index is 1.98. The number of hydrogen-bond donors (Lipinski definition) is 0. The number of pyridine rings is 1. The van der Waals surface area contributed by atoms with Gasteiger partial charge in [0.2, 0.25) is 10.0 Å². The second-order valence-corrected chi connectivity index (χ2v) is 9.13. The quantitative estimate of drug-likeness (QED) is 0.820. The predicted octanol–water partition coefficient (Wildman–Crippen LogP) is 3.68. The van der Waals surface area contributed by atoms with Crippen LogP contribution in [0.3, 0.4) is 0 Å². The Morgan fingerprint density at radius 3 is 2.42 bits per heavy atom. The Labute approximate surface area is 156 Å². The van der Waals surface area contributed by atoms with Gasteiger partial charge in [-0.25, -0.2) is 13.4 Å². The summed E-state index contributed by atoms with van der Waals surface area (Å²) in [5.41, 5.74) is 3.09. The minimum Gasteiger partial charge on any atom is -0.363 e. The molecule has 1 fully saturated rings. The summed E-state index contributed by atoms with van der Waals surface area (Å²) >= 11 is 0. The largest absolute Gasteiger partial charge is 0.363 e. The van der Waals surface area contributed by atoms with Crippen molar-refractivity contribution in [3.63, 3.8) is 0 Å². The van der Waals surface area contributed by atoms with Crippen LogP contribution in [0.25, 0.3) is 0 Å². The number of piperidine rings is 1. The van der Waals surface area contributed by atoms with Crippen molar-refractivity contribution in [3.05, 3.63) is 53.2 Å². The summed E-state index contributed by atoms with van der Waals surface area (Å²) in [6.07, 6.45) is 4.58. The fraction of sp³-hybridized carbons (Fsp3) is 0.450. The molecular formula is C20H27N3O2S. The first-order valence-electron chi connectivity index (χ1n) is 9.03.